The summed E-state index contributed by atoms with van der Waals surface area (Å²) in [5.74, 6) is -1.31. The van der Waals surface area contributed by atoms with E-state index < -0.39 is 11.8 Å². The smallest absolute Gasteiger partial charge is 0.313 e. The molecule has 0 spiro atoms. The fourth-order valence-corrected chi connectivity index (χ4v) is 2.21. The standard InChI is InChI=1S/C17H20N2O3/c20-12-5-1-4-11-18-16(21)17(22)19-15-10-6-8-13-7-2-3-9-14(13)15/h2-3,6-10,20H,1,4-5,11-12H2,(H,18,21)(H,19,22). The molecule has 0 bridgehead atoms. The molecule has 0 atom stereocenters. The number of nitrogens with one attached hydrogen (secondary N) is 2. The predicted molar refractivity (Wildman–Crippen MR) is 86.5 cm³/mol. The maximum atomic E-state index is 11.9. The van der Waals surface area contributed by atoms with Crippen molar-refractivity contribution in [3.8, 4) is 0 Å². The summed E-state index contributed by atoms with van der Waals surface area (Å²) < 4.78 is 0. The van der Waals surface area contributed by atoms with Gasteiger partial charge in [-0.15, -0.1) is 0 Å². The number of fused-ring (bicyclic) bond motifs is 1. The first-order valence-electron chi connectivity index (χ1n) is 7.40. The monoisotopic (exact) mass is 300 g/mol. The van der Waals surface area contributed by atoms with Gasteiger partial charge in [0.25, 0.3) is 0 Å². The third-order valence-electron chi connectivity index (χ3n) is 3.36. The van der Waals surface area contributed by atoms with Gasteiger partial charge in [-0.05, 0) is 30.7 Å². The lowest BCUT2D eigenvalue weighted by Gasteiger charge is -2.09. The SMILES string of the molecule is O=C(NCCCCCO)C(=O)Nc1cccc2ccccc12. The van der Waals surface area contributed by atoms with Crippen LogP contribution in [0.25, 0.3) is 10.8 Å². The van der Waals surface area contributed by atoms with E-state index in [2.05, 4.69) is 10.6 Å². The first-order chi connectivity index (χ1) is 10.7. The van der Waals surface area contributed by atoms with Gasteiger partial charge in [-0.2, -0.15) is 0 Å². The largest absolute Gasteiger partial charge is 0.396 e. The molecule has 0 aromatic heterocycles. The summed E-state index contributed by atoms with van der Waals surface area (Å²) in [6, 6.07) is 13.2. The summed E-state index contributed by atoms with van der Waals surface area (Å²) in [7, 11) is 0. The third-order valence-corrected chi connectivity index (χ3v) is 3.36. The lowest BCUT2D eigenvalue weighted by atomic mass is 10.1. The molecule has 2 aromatic rings. The molecule has 2 amide bonds. The lowest BCUT2D eigenvalue weighted by Crippen LogP contribution is -2.35. The fourth-order valence-electron chi connectivity index (χ4n) is 2.21. The van der Waals surface area contributed by atoms with Crippen molar-refractivity contribution in [1.82, 2.24) is 5.32 Å². The van der Waals surface area contributed by atoms with Crippen LogP contribution in [-0.4, -0.2) is 30.1 Å². The number of carbonyl (C=O) groups excluding carboxylic acids is 2. The number of rotatable bonds is 6. The van der Waals surface area contributed by atoms with Crippen LogP contribution in [0.5, 0.6) is 0 Å². The average Bonchev–Trinajstić information content (AvgIpc) is 2.54. The molecule has 0 heterocycles. The maximum absolute atomic E-state index is 11.9. The van der Waals surface area contributed by atoms with Gasteiger partial charge in [0.2, 0.25) is 0 Å². The zero-order chi connectivity index (χ0) is 15.8. The Bertz CT molecular complexity index is 650. The van der Waals surface area contributed by atoms with E-state index >= 15 is 0 Å². The summed E-state index contributed by atoms with van der Waals surface area (Å²) in [6.07, 6.45) is 2.27. The average molecular weight is 300 g/mol. The second-order valence-corrected chi connectivity index (χ2v) is 5.02. The predicted octanol–water partition coefficient (Wildman–Crippen LogP) is 2.06. The zero-order valence-electron chi connectivity index (χ0n) is 12.3. The Labute approximate surface area is 129 Å². The minimum absolute atomic E-state index is 0.148. The van der Waals surface area contributed by atoms with Crippen LogP contribution in [-0.2, 0) is 9.59 Å². The molecule has 0 aliphatic rings. The molecule has 0 saturated heterocycles. The number of anilines is 1. The highest BCUT2D eigenvalue weighted by atomic mass is 16.3. The van der Waals surface area contributed by atoms with Crippen LogP contribution in [0, 0.1) is 0 Å². The van der Waals surface area contributed by atoms with Crippen LogP contribution in [0.2, 0.25) is 0 Å². The highest BCUT2D eigenvalue weighted by molar-refractivity contribution is 6.40. The normalized spacial score (nSPS) is 10.4. The van der Waals surface area contributed by atoms with Crippen molar-refractivity contribution in [2.45, 2.75) is 19.3 Å². The molecule has 22 heavy (non-hydrogen) atoms. The molecule has 5 heteroatoms. The van der Waals surface area contributed by atoms with E-state index in [-0.39, 0.29) is 6.61 Å². The Morgan fingerprint density at radius 1 is 0.909 bits per heavy atom. The Balaban J connectivity index is 1.92. The molecule has 0 aliphatic heterocycles. The number of hydrogen-bond donors (Lipinski definition) is 3. The van der Waals surface area contributed by atoms with Crippen molar-refractivity contribution in [1.29, 1.82) is 0 Å². The van der Waals surface area contributed by atoms with Crippen molar-refractivity contribution in [2.24, 2.45) is 0 Å². The van der Waals surface area contributed by atoms with Gasteiger partial charge in [-0.3, -0.25) is 9.59 Å². The van der Waals surface area contributed by atoms with Gasteiger partial charge in [0, 0.05) is 24.2 Å². The van der Waals surface area contributed by atoms with Crippen LogP contribution in [0.15, 0.2) is 42.5 Å². The van der Waals surface area contributed by atoms with Gasteiger partial charge in [-0.1, -0.05) is 36.4 Å². The Morgan fingerprint density at radius 2 is 1.68 bits per heavy atom. The number of aliphatic hydroxyl groups is 1. The van der Waals surface area contributed by atoms with Crippen molar-refractivity contribution in [3.63, 3.8) is 0 Å². The van der Waals surface area contributed by atoms with E-state index in [1.54, 1.807) is 6.07 Å². The molecule has 2 rings (SSSR count). The molecule has 2 aromatic carbocycles. The highest BCUT2D eigenvalue weighted by Crippen LogP contribution is 2.22. The molecule has 0 radical (unpaired) electrons. The van der Waals surface area contributed by atoms with E-state index in [4.69, 9.17) is 5.11 Å². The highest BCUT2D eigenvalue weighted by Gasteiger charge is 2.13. The van der Waals surface area contributed by atoms with E-state index in [9.17, 15) is 9.59 Å². The first kappa shape index (κ1) is 16.0. The third kappa shape index (κ3) is 4.30. The molecule has 0 saturated carbocycles. The fraction of sp³-hybridized carbons (Fsp3) is 0.294. The molecule has 0 fully saturated rings. The van der Waals surface area contributed by atoms with Gasteiger partial charge in [0.15, 0.2) is 0 Å². The maximum Gasteiger partial charge on any atom is 0.313 e. The minimum atomic E-state index is -0.668. The Kier molecular flexibility index (Phi) is 5.91. The number of amides is 2. The van der Waals surface area contributed by atoms with E-state index in [1.807, 2.05) is 36.4 Å². The number of hydrogen-bond acceptors (Lipinski definition) is 3. The molecule has 116 valence electrons. The van der Waals surface area contributed by atoms with Crippen LogP contribution < -0.4 is 10.6 Å². The lowest BCUT2D eigenvalue weighted by molar-refractivity contribution is -0.136. The van der Waals surface area contributed by atoms with Gasteiger partial charge >= 0.3 is 11.8 Å². The summed E-state index contributed by atoms with van der Waals surface area (Å²) >= 11 is 0. The van der Waals surface area contributed by atoms with Gasteiger partial charge < -0.3 is 15.7 Å². The number of carbonyl (C=O) groups is 2. The molecular formula is C17H20N2O3. The molecule has 3 N–H and O–H groups in total. The Morgan fingerprint density at radius 3 is 2.50 bits per heavy atom. The summed E-state index contributed by atoms with van der Waals surface area (Å²) in [4.78, 5) is 23.7. The van der Waals surface area contributed by atoms with Crippen molar-refractivity contribution in [3.05, 3.63) is 42.5 Å². The summed E-state index contributed by atoms with van der Waals surface area (Å²) in [5, 5.41) is 15.8. The van der Waals surface area contributed by atoms with Gasteiger partial charge in [0.1, 0.15) is 0 Å². The Hall–Kier alpha value is -2.40. The van der Waals surface area contributed by atoms with Crippen molar-refractivity contribution >= 4 is 28.3 Å². The van der Waals surface area contributed by atoms with Crippen LogP contribution in [0.3, 0.4) is 0 Å². The number of unbranched alkanes of at least 4 members (excludes halogenated alkanes) is 2. The summed E-state index contributed by atoms with van der Waals surface area (Å²) in [5.41, 5.74) is 0.624. The second-order valence-electron chi connectivity index (χ2n) is 5.02. The van der Waals surface area contributed by atoms with E-state index in [1.165, 1.54) is 0 Å². The van der Waals surface area contributed by atoms with Crippen LogP contribution in [0.1, 0.15) is 19.3 Å². The topological polar surface area (TPSA) is 78.4 Å². The first-order valence-corrected chi connectivity index (χ1v) is 7.40. The molecule has 0 aliphatic carbocycles. The zero-order valence-corrected chi connectivity index (χ0v) is 12.3. The quantitative estimate of drug-likeness (QED) is 0.564. The van der Waals surface area contributed by atoms with E-state index in [0.717, 1.165) is 23.6 Å². The molecular weight excluding hydrogens is 280 g/mol. The summed E-state index contributed by atoms with van der Waals surface area (Å²) in [6.45, 7) is 0.581. The van der Waals surface area contributed by atoms with Crippen LogP contribution in [0.4, 0.5) is 5.69 Å². The molecule has 5 nitrogen and oxygen atoms in total. The van der Waals surface area contributed by atoms with Crippen molar-refractivity contribution < 1.29 is 14.7 Å². The van der Waals surface area contributed by atoms with Crippen LogP contribution >= 0.6 is 0 Å². The molecule has 0 unspecified atom stereocenters. The van der Waals surface area contributed by atoms with E-state index in [0.29, 0.717) is 18.7 Å². The minimum Gasteiger partial charge on any atom is -0.396 e. The van der Waals surface area contributed by atoms with Gasteiger partial charge in [0.05, 0.1) is 0 Å². The number of benzene rings is 2. The number of aliphatic hydroxyl groups excluding tert-OH is 1. The van der Waals surface area contributed by atoms with Gasteiger partial charge in [-0.25, -0.2) is 0 Å². The van der Waals surface area contributed by atoms with Crippen molar-refractivity contribution in [2.75, 3.05) is 18.5 Å². The second kappa shape index (κ2) is 8.14.